The Hall–Kier alpha value is -2.34. The Morgan fingerprint density at radius 3 is 3.04 bits per heavy atom. The lowest BCUT2D eigenvalue weighted by Crippen LogP contribution is -2.50. The molecular formula is C18H18N2O3S. The smallest absolute Gasteiger partial charge is 0.268 e. The lowest BCUT2D eigenvalue weighted by Gasteiger charge is -2.34. The van der Waals surface area contributed by atoms with Crippen molar-refractivity contribution in [1.82, 2.24) is 4.90 Å². The molecule has 0 radical (unpaired) electrons. The van der Waals surface area contributed by atoms with E-state index in [9.17, 15) is 9.59 Å². The number of hydrogen-bond acceptors (Lipinski definition) is 4. The summed E-state index contributed by atoms with van der Waals surface area (Å²) >= 11 is 1.75. The van der Waals surface area contributed by atoms with Crippen LogP contribution in [0.2, 0.25) is 0 Å². The minimum absolute atomic E-state index is 0.0240. The monoisotopic (exact) mass is 342 g/mol. The van der Waals surface area contributed by atoms with Gasteiger partial charge in [-0.15, -0.1) is 11.3 Å². The van der Waals surface area contributed by atoms with Gasteiger partial charge in [-0.1, -0.05) is 12.1 Å². The van der Waals surface area contributed by atoms with E-state index in [2.05, 4.69) is 11.4 Å². The number of benzene rings is 1. The van der Waals surface area contributed by atoms with E-state index in [4.69, 9.17) is 4.74 Å². The highest BCUT2D eigenvalue weighted by Gasteiger charge is 2.34. The number of fused-ring (bicyclic) bond motifs is 2. The summed E-state index contributed by atoms with van der Waals surface area (Å²) in [4.78, 5) is 30.0. The summed E-state index contributed by atoms with van der Waals surface area (Å²) in [5.41, 5.74) is 1.89. The fourth-order valence-corrected chi connectivity index (χ4v) is 4.11. The van der Waals surface area contributed by atoms with E-state index in [0.29, 0.717) is 24.5 Å². The van der Waals surface area contributed by atoms with Gasteiger partial charge in [-0.2, -0.15) is 0 Å². The van der Waals surface area contributed by atoms with Crippen molar-refractivity contribution >= 4 is 28.8 Å². The maximum atomic E-state index is 12.8. The first-order chi connectivity index (χ1) is 11.6. The fourth-order valence-electron chi connectivity index (χ4n) is 3.22. The Morgan fingerprint density at radius 2 is 2.17 bits per heavy atom. The second-order valence-electron chi connectivity index (χ2n) is 6.09. The van der Waals surface area contributed by atoms with Crippen molar-refractivity contribution in [3.05, 3.63) is 46.2 Å². The molecule has 0 fully saturated rings. The molecule has 4 rings (SSSR count). The van der Waals surface area contributed by atoms with Crippen molar-refractivity contribution in [3.63, 3.8) is 0 Å². The molecule has 0 saturated heterocycles. The molecule has 2 amide bonds. The second kappa shape index (κ2) is 5.94. The second-order valence-corrected chi connectivity index (χ2v) is 7.09. The van der Waals surface area contributed by atoms with Crippen LogP contribution in [0.15, 0.2) is 35.7 Å². The van der Waals surface area contributed by atoms with Gasteiger partial charge in [-0.05, 0) is 42.5 Å². The molecule has 2 aliphatic heterocycles. The van der Waals surface area contributed by atoms with Crippen molar-refractivity contribution in [2.24, 2.45) is 0 Å². The molecule has 0 aliphatic carbocycles. The summed E-state index contributed by atoms with van der Waals surface area (Å²) < 4.78 is 5.62. The zero-order chi connectivity index (χ0) is 16.7. The third kappa shape index (κ3) is 2.57. The average Bonchev–Trinajstić information content (AvgIpc) is 3.06. The van der Waals surface area contributed by atoms with E-state index in [1.807, 2.05) is 29.2 Å². The molecule has 24 heavy (non-hydrogen) atoms. The SMILES string of the molecule is CC1Oc2ccccc2N(CC(=O)N2CCc3sccc3C2)C1=O. The summed E-state index contributed by atoms with van der Waals surface area (Å²) in [5.74, 6) is 0.454. The molecule has 3 heterocycles. The quantitative estimate of drug-likeness (QED) is 0.842. The van der Waals surface area contributed by atoms with E-state index in [1.54, 1.807) is 23.2 Å². The Bertz CT molecular complexity index is 801. The van der Waals surface area contributed by atoms with Gasteiger partial charge in [0.05, 0.1) is 5.69 Å². The van der Waals surface area contributed by atoms with Crippen LogP contribution >= 0.6 is 11.3 Å². The third-order valence-corrected chi connectivity index (χ3v) is 5.55. The molecule has 1 aromatic carbocycles. The molecule has 0 bridgehead atoms. The van der Waals surface area contributed by atoms with Crippen molar-refractivity contribution in [1.29, 1.82) is 0 Å². The first-order valence-corrected chi connectivity index (χ1v) is 8.91. The number of para-hydroxylation sites is 2. The molecule has 1 unspecified atom stereocenters. The van der Waals surface area contributed by atoms with Crippen molar-refractivity contribution in [2.75, 3.05) is 18.0 Å². The van der Waals surface area contributed by atoms with Gasteiger partial charge in [0.2, 0.25) is 5.91 Å². The number of amides is 2. The maximum Gasteiger partial charge on any atom is 0.268 e. The van der Waals surface area contributed by atoms with Crippen LogP contribution in [0.1, 0.15) is 17.4 Å². The van der Waals surface area contributed by atoms with Gasteiger partial charge in [0.25, 0.3) is 5.91 Å². The van der Waals surface area contributed by atoms with Crippen LogP contribution in [0.3, 0.4) is 0 Å². The summed E-state index contributed by atoms with van der Waals surface area (Å²) in [7, 11) is 0. The fraction of sp³-hybridized carbons (Fsp3) is 0.333. The summed E-state index contributed by atoms with van der Waals surface area (Å²) in [6.07, 6.45) is 0.320. The van der Waals surface area contributed by atoms with E-state index in [1.165, 1.54) is 10.4 Å². The molecule has 2 aliphatic rings. The van der Waals surface area contributed by atoms with Crippen LogP contribution in [-0.2, 0) is 22.6 Å². The highest BCUT2D eigenvalue weighted by Crippen LogP contribution is 2.33. The minimum atomic E-state index is -0.572. The lowest BCUT2D eigenvalue weighted by molar-refractivity contribution is -0.133. The molecule has 1 aromatic heterocycles. The Labute approximate surface area is 144 Å². The van der Waals surface area contributed by atoms with Crippen LogP contribution < -0.4 is 9.64 Å². The van der Waals surface area contributed by atoms with E-state index >= 15 is 0 Å². The summed E-state index contributed by atoms with van der Waals surface area (Å²) in [6.45, 7) is 3.12. The van der Waals surface area contributed by atoms with Crippen molar-refractivity contribution in [3.8, 4) is 5.75 Å². The predicted octanol–water partition coefficient (Wildman–Crippen LogP) is 2.45. The van der Waals surface area contributed by atoms with E-state index < -0.39 is 6.10 Å². The summed E-state index contributed by atoms with van der Waals surface area (Å²) in [6, 6.07) is 9.44. The maximum absolute atomic E-state index is 12.8. The molecular weight excluding hydrogens is 324 g/mol. The number of carbonyl (C=O) groups is 2. The first kappa shape index (κ1) is 15.2. The molecule has 0 spiro atoms. The zero-order valence-electron chi connectivity index (χ0n) is 13.4. The van der Waals surface area contributed by atoms with Crippen LogP contribution in [0, 0.1) is 0 Å². The number of carbonyl (C=O) groups excluding carboxylic acids is 2. The van der Waals surface area contributed by atoms with Gasteiger partial charge in [0.15, 0.2) is 6.10 Å². The number of hydrogen-bond donors (Lipinski definition) is 0. The minimum Gasteiger partial charge on any atom is -0.479 e. The molecule has 124 valence electrons. The Balaban J connectivity index is 1.54. The molecule has 6 heteroatoms. The first-order valence-electron chi connectivity index (χ1n) is 8.03. The van der Waals surface area contributed by atoms with Crippen LogP contribution in [-0.4, -0.2) is 35.9 Å². The number of ether oxygens (including phenoxy) is 1. The highest BCUT2D eigenvalue weighted by atomic mass is 32.1. The van der Waals surface area contributed by atoms with Gasteiger partial charge >= 0.3 is 0 Å². The van der Waals surface area contributed by atoms with E-state index in [-0.39, 0.29) is 18.4 Å². The van der Waals surface area contributed by atoms with Gasteiger partial charge in [-0.25, -0.2) is 0 Å². The van der Waals surface area contributed by atoms with Crippen molar-refractivity contribution < 1.29 is 14.3 Å². The van der Waals surface area contributed by atoms with Gasteiger partial charge in [0.1, 0.15) is 12.3 Å². The largest absolute Gasteiger partial charge is 0.479 e. The van der Waals surface area contributed by atoms with Crippen molar-refractivity contribution in [2.45, 2.75) is 26.0 Å². The zero-order valence-corrected chi connectivity index (χ0v) is 14.2. The Kier molecular flexibility index (Phi) is 3.76. The highest BCUT2D eigenvalue weighted by molar-refractivity contribution is 7.10. The lowest BCUT2D eigenvalue weighted by atomic mass is 10.1. The Morgan fingerprint density at radius 1 is 1.33 bits per heavy atom. The average molecular weight is 342 g/mol. The van der Waals surface area contributed by atoms with Gasteiger partial charge in [0, 0.05) is 18.0 Å². The molecule has 0 saturated carbocycles. The number of anilines is 1. The number of rotatable bonds is 2. The molecule has 0 N–H and O–H groups in total. The normalized spacial score (nSPS) is 19.5. The molecule has 2 aromatic rings. The topological polar surface area (TPSA) is 49.9 Å². The molecule has 1 atom stereocenters. The molecule has 5 nitrogen and oxygen atoms in total. The number of nitrogens with zero attached hydrogens (tertiary/aromatic N) is 2. The third-order valence-electron chi connectivity index (χ3n) is 4.53. The standard InChI is InChI=1S/C18H18N2O3S/c1-12-18(22)20(14-4-2-3-5-15(14)23-12)11-17(21)19-8-6-16-13(10-19)7-9-24-16/h2-5,7,9,12H,6,8,10-11H2,1H3. The van der Waals surface area contributed by atoms with Crippen LogP contribution in [0.4, 0.5) is 5.69 Å². The number of thiophene rings is 1. The van der Waals surface area contributed by atoms with Crippen LogP contribution in [0.5, 0.6) is 5.75 Å². The van der Waals surface area contributed by atoms with Crippen LogP contribution in [0.25, 0.3) is 0 Å². The van der Waals surface area contributed by atoms with Gasteiger partial charge < -0.3 is 9.64 Å². The summed E-state index contributed by atoms with van der Waals surface area (Å²) in [5, 5.41) is 2.07. The predicted molar refractivity (Wildman–Crippen MR) is 92.3 cm³/mol. The van der Waals surface area contributed by atoms with E-state index in [0.717, 1.165) is 6.42 Å². The van der Waals surface area contributed by atoms with Gasteiger partial charge in [-0.3, -0.25) is 14.5 Å².